The highest BCUT2D eigenvalue weighted by atomic mass is 35.5. The zero-order valence-corrected chi connectivity index (χ0v) is 16.3. The Balaban J connectivity index is 1.45. The summed E-state index contributed by atoms with van der Waals surface area (Å²) in [7, 11) is 0. The van der Waals surface area contributed by atoms with Crippen molar-refractivity contribution in [2.75, 3.05) is 11.9 Å². The van der Waals surface area contributed by atoms with Crippen molar-refractivity contribution in [1.29, 1.82) is 0 Å². The van der Waals surface area contributed by atoms with Crippen LogP contribution in [0.5, 0.6) is 0 Å². The molecule has 0 aliphatic heterocycles. The first-order valence-electron chi connectivity index (χ1n) is 10.2. The minimum Gasteiger partial charge on any atom is -0.352 e. The molecule has 5 nitrogen and oxygen atoms in total. The maximum Gasteiger partial charge on any atom is 0.253 e. The van der Waals surface area contributed by atoms with E-state index >= 15 is 0 Å². The first-order chi connectivity index (χ1) is 13.0. The number of hydrogen-bond acceptors (Lipinski definition) is 3. The molecule has 146 valence electrons. The molecule has 6 heteroatoms. The minimum atomic E-state index is -0.178. The van der Waals surface area contributed by atoms with E-state index in [2.05, 4.69) is 10.6 Å². The van der Waals surface area contributed by atoms with Crippen molar-refractivity contribution in [3.63, 3.8) is 0 Å². The van der Waals surface area contributed by atoms with Crippen LogP contribution in [0.1, 0.15) is 55.3 Å². The summed E-state index contributed by atoms with van der Waals surface area (Å²) >= 11 is 6.10. The molecule has 2 bridgehead atoms. The first kappa shape index (κ1) is 18.8. The van der Waals surface area contributed by atoms with Crippen molar-refractivity contribution in [3.05, 3.63) is 28.8 Å². The van der Waals surface area contributed by atoms with Gasteiger partial charge in [0.1, 0.15) is 0 Å². The van der Waals surface area contributed by atoms with E-state index in [-0.39, 0.29) is 23.8 Å². The molecule has 2 unspecified atom stereocenters. The lowest BCUT2D eigenvalue weighted by Crippen LogP contribution is -2.48. The van der Waals surface area contributed by atoms with E-state index in [0.29, 0.717) is 40.6 Å². The van der Waals surface area contributed by atoms with Crippen LogP contribution in [0.2, 0.25) is 5.02 Å². The first-order valence-corrected chi connectivity index (χ1v) is 10.5. The van der Waals surface area contributed by atoms with E-state index in [1.54, 1.807) is 18.2 Å². The Bertz CT molecular complexity index is 720. The Morgan fingerprint density at radius 3 is 2.48 bits per heavy atom. The van der Waals surface area contributed by atoms with Gasteiger partial charge in [0.25, 0.3) is 5.91 Å². The highest BCUT2D eigenvalue weighted by molar-refractivity contribution is 6.31. The zero-order chi connectivity index (χ0) is 19.0. The summed E-state index contributed by atoms with van der Waals surface area (Å²) in [5, 5.41) is 6.44. The predicted molar refractivity (Wildman–Crippen MR) is 107 cm³/mol. The molecule has 3 aliphatic rings. The second-order valence-corrected chi connectivity index (χ2v) is 8.97. The summed E-state index contributed by atoms with van der Waals surface area (Å²) in [4.78, 5) is 25.5. The van der Waals surface area contributed by atoms with Crippen molar-refractivity contribution >= 4 is 29.1 Å². The van der Waals surface area contributed by atoms with Crippen molar-refractivity contribution in [2.45, 2.75) is 51.0 Å². The van der Waals surface area contributed by atoms with E-state index in [0.717, 1.165) is 25.7 Å². The van der Waals surface area contributed by atoms with Crippen LogP contribution >= 0.6 is 11.6 Å². The molecule has 1 aromatic rings. The molecule has 0 spiro atoms. The number of anilines is 1. The smallest absolute Gasteiger partial charge is 0.253 e. The molecular weight excluding hydrogens is 362 g/mol. The van der Waals surface area contributed by atoms with Crippen molar-refractivity contribution < 1.29 is 9.59 Å². The third-order valence-electron chi connectivity index (χ3n) is 6.52. The standard InChI is InChI=1S/C21H28ClN3O2/c22-16-6-7-18(17(10-16)21(27)24-11-12-4-5-12)25-20(26)15-8-13-2-1-3-14(9-15)19(13)23/h6-7,10,12-15,19H,1-5,8-9,11,23H2,(H,24,27)(H,25,26). The van der Waals surface area contributed by atoms with Crippen LogP contribution in [0.15, 0.2) is 18.2 Å². The monoisotopic (exact) mass is 389 g/mol. The van der Waals surface area contributed by atoms with Gasteiger partial charge < -0.3 is 16.4 Å². The largest absolute Gasteiger partial charge is 0.352 e. The number of halogens is 1. The van der Waals surface area contributed by atoms with Crippen LogP contribution in [0, 0.1) is 23.7 Å². The number of fused-ring (bicyclic) bond motifs is 2. The fraction of sp³-hybridized carbons (Fsp3) is 0.619. The van der Waals surface area contributed by atoms with Gasteiger partial charge in [-0.2, -0.15) is 0 Å². The predicted octanol–water partition coefficient (Wildman–Crippen LogP) is 3.57. The number of benzene rings is 1. The fourth-order valence-corrected chi connectivity index (χ4v) is 4.88. The van der Waals surface area contributed by atoms with Gasteiger partial charge in [0, 0.05) is 23.5 Å². The maximum absolute atomic E-state index is 12.9. The molecule has 0 aromatic heterocycles. The van der Waals surface area contributed by atoms with E-state index in [1.807, 2.05) is 0 Å². The number of nitrogens with one attached hydrogen (secondary N) is 2. The van der Waals surface area contributed by atoms with Gasteiger partial charge >= 0.3 is 0 Å². The molecule has 27 heavy (non-hydrogen) atoms. The van der Waals surface area contributed by atoms with Crippen LogP contribution in [0.25, 0.3) is 0 Å². The van der Waals surface area contributed by atoms with Gasteiger partial charge in [-0.15, -0.1) is 0 Å². The number of carbonyl (C=O) groups is 2. The third-order valence-corrected chi connectivity index (χ3v) is 6.75. The molecule has 4 N–H and O–H groups in total. The van der Waals surface area contributed by atoms with Gasteiger partial charge in [-0.1, -0.05) is 18.0 Å². The summed E-state index contributed by atoms with van der Waals surface area (Å²) in [6.45, 7) is 0.683. The molecule has 2 amide bonds. The lowest BCUT2D eigenvalue weighted by atomic mass is 9.65. The highest BCUT2D eigenvalue weighted by Crippen LogP contribution is 2.42. The summed E-state index contributed by atoms with van der Waals surface area (Å²) < 4.78 is 0. The van der Waals surface area contributed by atoms with Gasteiger partial charge in [0.15, 0.2) is 0 Å². The van der Waals surface area contributed by atoms with E-state index in [4.69, 9.17) is 17.3 Å². The highest BCUT2D eigenvalue weighted by Gasteiger charge is 2.40. The Hall–Kier alpha value is -1.59. The van der Waals surface area contributed by atoms with Crippen LogP contribution in [-0.2, 0) is 4.79 Å². The summed E-state index contributed by atoms with van der Waals surface area (Å²) in [6.07, 6.45) is 7.51. The van der Waals surface area contributed by atoms with Crippen molar-refractivity contribution in [1.82, 2.24) is 5.32 Å². The van der Waals surface area contributed by atoms with Gasteiger partial charge in [-0.3, -0.25) is 9.59 Å². The van der Waals surface area contributed by atoms with E-state index in [9.17, 15) is 9.59 Å². The van der Waals surface area contributed by atoms with Gasteiger partial charge in [-0.05, 0) is 74.5 Å². The molecule has 3 aliphatic carbocycles. The second-order valence-electron chi connectivity index (χ2n) is 8.53. The second kappa shape index (κ2) is 7.80. The maximum atomic E-state index is 12.9. The van der Waals surface area contributed by atoms with E-state index < -0.39 is 0 Å². The normalized spacial score (nSPS) is 29.9. The molecule has 2 atom stereocenters. The molecule has 3 fully saturated rings. The van der Waals surface area contributed by atoms with Gasteiger partial charge in [0.05, 0.1) is 11.3 Å². The topological polar surface area (TPSA) is 84.2 Å². The molecule has 1 aromatic carbocycles. The van der Waals surface area contributed by atoms with Gasteiger partial charge in [-0.25, -0.2) is 0 Å². The summed E-state index contributed by atoms with van der Waals surface area (Å²) in [5.41, 5.74) is 7.32. The van der Waals surface area contributed by atoms with Crippen LogP contribution in [0.3, 0.4) is 0 Å². The van der Waals surface area contributed by atoms with Crippen molar-refractivity contribution in [2.24, 2.45) is 29.4 Å². The third kappa shape index (κ3) is 4.30. The molecule has 0 heterocycles. The minimum absolute atomic E-state index is 0.00244. The van der Waals surface area contributed by atoms with Crippen LogP contribution in [0.4, 0.5) is 5.69 Å². The molecular formula is C21H28ClN3O2. The molecule has 0 saturated heterocycles. The Labute approximate surface area is 165 Å². The average Bonchev–Trinajstić information content (AvgIpc) is 3.45. The number of rotatable bonds is 5. The molecule has 0 radical (unpaired) electrons. The van der Waals surface area contributed by atoms with Crippen LogP contribution in [-0.4, -0.2) is 24.4 Å². The van der Waals surface area contributed by atoms with Gasteiger partial charge in [0.2, 0.25) is 5.91 Å². The average molecular weight is 390 g/mol. The van der Waals surface area contributed by atoms with Crippen molar-refractivity contribution in [3.8, 4) is 0 Å². The van der Waals surface area contributed by atoms with Crippen LogP contribution < -0.4 is 16.4 Å². The Kier molecular flexibility index (Phi) is 5.42. The Morgan fingerprint density at radius 1 is 1.11 bits per heavy atom. The number of amides is 2. The molecule has 4 rings (SSSR count). The SMILES string of the molecule is NC1C2CCCC1CC(C(=O)Nc1ccc(Cl)cc1C(=O)NCC1CC1)C2. The number of nitrogens with two attached hydrogens (primary N) is 1. The fourth-order valence-electron chi connectivity index (χ4n) is 4.71. The number of hydrogen-bond donors (Lipinski definition) is 3. The summed E-state index contributed by atoms with van der Waals surface area (Å²) in [5.74, 6) is 1.27. The van der Waals surface area contributed by atoms with E-state index in [1.165, 1.54) is 19.3 Å². The molecule has 3 saturated carbocycles. The lowest BCUT2D eigenvalue weighted by molar-refractivity contribution is -0.122. The summed E-state index contributed by atoms with van der Waals surface area (Å²) in [6, 6.07) is 5.30. The quantitative estimate of drug-likeness (QED) is 0.719. The lowest BCUT2D eigenvalue weighted by Gasteiger charge is -2.43. The zero-order valence-electron chi connectivity index (χ0n) is 15.5. The number of carbonyl (C=O) groups excluding carboxylic acids is 2. The Morgan fingerprint density at radius 2 is 1.81 bits per heavy atom.